The second-order valence-corrected chi connectivity index (χ2v) is 4.96. The normalized spacial score (nSPS) is 13.6. The molecule has 0 fully saturated rings. The summed E-state index contributed by atoms with van der Waals surface area (Å²) in [7, 11) is 0. The van der Waals surface area contributed by atoms with Crippen molar-refractivity contribution >= 4 is 23.3 Å². The van der Waals surface area contributed by atoms with Gasteiger partial charge in [-0.15, -0.1) is 11.3 Å². The number of carboxylic acids is 1. The Balaban J connectivity index is 2.36. The lowest BCUT2D eigenvalue weighted by Crippen LogP contribution is -2.47. The van der Waals surface area contributed by atoms with Crippen LogP contribution >= 0.6 is 11.3 Å². The van der Waals surface area contributed by atoms with Crippen LogP contribution in [0.3, 0.4) is 0 Å². The Hall–Kier alpha value is -1.67. The van der Waals surface area contributed by atoms with E-state index < -0.39 is 18.0 Å². The van der Waals surface area contributed by atoms with Gasteiger partial charge in [-0.05, 0) is 0 Å². The van der Waals surface area contributed by atoms with Crippen molar-refractivity contribution in [2.75, 3.05) is 13.2 Å². The predicted molar refractivity (Wildman–Crippen MR) is 70.2 cm³/mol. The van der Waals surface area contributed by atoms with Gasteiger partial charge in [-0.2, -0.15) is 0 Å². The molecule has 2 unspecified atom stereocenters. The lowest BCUT2D eigenvalue weighted by atomic mass is 10.2. The number of thiazole rings is 1. The number of carbonyl (C=O) groups is 2. The van der Waals surface area contributed by atoms with Crippen molar-refractivity contribution in [2.24, 2.45) is 0 Å². The lowest BCUT2D eigenvalue weighted by molar-refractivity contribution is -0.139. The fourth-order valence-electron chi connectivity index (χ4n) is 1.41. The summed E-state index contributed by atoms with van der Waals surface area (Å²) in [5, 5.41) is 25.2. The highest BCUT2D eigenvalue weighted by atomic mass is 32.1. The number of hydrogen-bond donors (Lipinski definition) is 4. The Kier molecular flexibility index (Phi) is 6.23. The zero-order valence-corrected chi connectivity index (χ0v) is 11.3. The molecule has 106 valence electrons. The van der Waals surface area contributed by atoms with Crippen LogP contribution in [0.4, 0.5) is 4.79 Å². The Bertz CT molecular complexity index is 410. The minimum atomic E-state index is -1.17. The summed E-state index contributed by atoms with van der Waals surface area (Å²) in [6, 6.07) is -1.65. The van der Waals surface area contributed by atoms with Gasteiger partial charge in [-0.3, -0.25) is 0 Å². The maximum Gasteiger partial charge on any atom is 0.326 e. The molecule has 8 heteroatoms. The summed E-state index contributed by atoms with van der Waals surface area (Å²) in [5.74, 6) is -1.11. The van der Waals surface area contributed by atoms with Crippen LogP contribution in [-0.4, -0.2) is 46.4 Å². The molecule has 1 rings (SSSR count). The maximum atomic E-state index is 11.5. The van der Waals surface area contributed by atoms with Crippen molar-refractivity contribution < 1.29 is 19.8 Å². The van der Waals surface area contributed by atoms with Crippen LogP contribution in [0.1, 0.15) is 24.3 Å². The first-order chi connectivity index (χ1) is 9.04. The van der Waals surface area contributed by atoms with Crippen LogP contribution in [0.25, 0.3) is 0 Å². The lowest BCUT2D eigenvalue weighted by Gasteiger charge is -2.15. The molecule has 1 aromatic rings. The zero-order valence-electron chi connectivity index (χ0n) is 10.5. The highest BCUT2D eigenvalue weighted by molar-refractivity contribution is 7.09. The van der Waals surface area contributed by atoms with Gasteiger partial charge in [0.1, 0.15) is 6.04 Å². The molecule has 7 nitrogen and oxygen atoms in total. The van der Waals surface area contributed by atoms with Gasteiger partial charge in [0.25, 0.3) is 0 Å². The number of urea groups is 1. The molecule has 0 aromatic carbocycles. The van der Waals surface area contributed by atoms with Crippen LogP contribution < -0.4 is 10.6 Å². The number of aliphatic hydroxyl groups is 1. The Morgan fingerprint density at radius 3 is 2.79 bits per heavy atom. The Labute approximate surface area is 114 Å². The molecule has 0 radical (unpaired) electrons. The van der Waals surface area contributed by atoms with Crippen molar-refractivity contribution in [1.82, 2.24) is 15.6 Å². The molecule has 4 N–H and O–H groups in total. The molecule has 0 spiro atoms. The third-order valence-electron chi connectivity index (χ3n) is 2.46. The van der Waals surface area contributed by atoms with Crippen LogP contribution in [0.2, 0.25) is 0 Å². The van der Waals surface area contributed by atoms with Crippen molar-refractivity contribution in [1.29, 1.82) is 0 Å². The van der Waals surface area contributed by atoms with E-state index in [2.05, 4.69) is 15.6 Å². The van der Waals surface area contributed by atoms with E-state index in [9.17, 15) is 9.59 Å². The van der Waals surface area contributed by atoms with Crippen LogP contribution in [0.15, 0.2) is 11.6 Å². The average molecular weight is 287 g/mol. The number of amides is 2. The summed E-state index contributed by atoms with van der Waals surface area (Å²) < 4.78 is 0. The van der Waals surface area contributed by atoms with E-state index in [0.29, 0.717) is 6.54 Å². The molecule has 0 aliphatic heterocycles. The third kappa shape index (κ3) is 5.23. The standard InChI is InChI=1S/C11H17N3O4S/c1-7(9-12-3-5-19-9)6-13-11(18)14-8(2-4-15)10(16)17/h3,5,7-8,15H,2,4,6H2,1H3,(H,16,17)(H2,13,14,18). The minimum absolute atomic E-state index is 0.0230. The van der Waals surface area contributed by atoms with Crippen molar-refractivity contribution in [3.63, 3.8) is 0 Å². The van der Waals surface area contributed by atoms with Gasteiger partial charge in [0.2, 0.25) is 0 Å². The number of rotatable bonds is 7. The molecule has 2 amide bonds. The van der Waals surface area contributed by atoms with E-state index in [1.54, 1.807) is 6.20 Å². The molecule has 19 heavy (non-hydrogen) atoms. The summed E-state index contributed by atoms with van der Waals surface area (Å²) in [6.07, 6.45) is 1.67. The van der Waals surface area contributed by atoms with Gasteiger partial charge >= 0.3 is 12.0 Å². The summed E-state index contributed by atoms with van der Waals surface area (Å²) in [6.45, 7) is 1.99. The Morgan fingerprint density at radius 1 is 1.53 bits per heavy atom. The second-order valence-electron chi connectivity index (χ2n) is 4.03. The maximum absolute atomic E-state index is 11.5. The van der Waals surface area contributed by atoms with E-state index in [1.165, 1.54) is 11.3 Å². The van der Waals surface area contributed by atoms with E-state index in [0.717, 1.165) is 5.01 Å². The summed E-state index contributed by atoms with van der Waals surface area (Å²) >= 11 is 1.50. The topological polar surface area (TPSA) is 112 Å². The largest absolute Gasteiger partial charge is 0.480 e. The first-order valence-electron chi connectivity index (χ1n) is 5.82. The molecule has 2 atom stereocenters. The number of aromatic nitrogens is 1. The number of carbonyl (C=O) groups excluding carboxylic acids is 1. The van der Waals surface area contributed by atoms with Crippen LogP contribution in [0, 0.1) is 0 Å². The van der Waals surface area contributed by atoms with E-state index in [1.807, 2.05) is 12.3 Å². The van der Waals surface area contributed by atoms with Crippen molar-refractivity contribution in [3.8, 4) is 0 Å². The smallest absolute Gasteiger partial charge is 0.326 e. The molecule has 0 saturated heterocycles. The summed E-state index contributed by atoms with van der Waals surface area (Å²) in [5.41, 5.74) is 0. The summed E-state index contributed by atoms with van der Waals surface area (Å²) in [4.78, 5) is 26.4. The number of hydrogen-bond acceptors (Lipinski definition) is 5. The molecular weight excluding hydrogens is 270 g/mol. The first kappa shape index (κ1) is 15.4. The second kappa shape index (κ2) is 7.70. The fraction of sp³-hybridized carbons (Fsp3) is 0.545. The SMILES string of the molecule is CC(CNC(=O)NC(CCO)C(=O)O)c1nccs1. The van der Waals surface area contributed by atoms with E-state index in [-0.39, 0.29) is 18.9 Å². The fourth-order valence-corrected chi connectivity index (χ4v) is 2.11. The molecule has 0 bridgehead atoms. The van der Waals surface area contributed by atoms with Crippen LogP contribution in [-0.2, 0) is 4.79 Å². The number of nitrogens with zero attached hydrogens (tertiary/aromatic N) is 1. The minimum Gasteiger partial charge on any atom is -0.480 e. The van der Waals surface area contributed by atoms with Gasteiger partial charge in [-0.1, -0.05) is 6.92 Å². The van der Waals surface area contributed by atoms with E-state index >= 15 is 0 Å². The van der Waals surface area contributed by atoms with Gasteiger partial charge in [0.05, 0.1) is 5.01 Å². The molecule has 1 heterocycles. The number of carboxylic acid groups (broad SMARTS) is 1. The number of nitrogens with one attached hydrogen (secondary N) is 2. The molecule has 0 aliphatic carbocycles. The highest BCUT2D eigenvalue weighted by Gasteiger charge is 2.19. The molecule has 0 aliphatic rings. The Morgan fingerprint density at radius 2 is 2.26 bits per heavy atom. The van der Waals surface area contributed by atoms with Crippen LogP contribution in [0.5, 0.6) is 0 Å². The first-order valence-corrected chi connectivity index (χ1v) is 6.70. The highest BCUT2D eigenvalue weighted by Crippen LogP contribution is 2.16. The quantitative estimate of drug-likeness (QED) is 0.579. The van der Waals surface area contributed by atoms with E-state index in [4.69, 9.17) is 10.2 Å². The number of aliphatic carboxylic acids is 1. The van der Waals surface area contributed by atoms with Gasteiger partial charge < -0.3 is 20.8 Å². The molecular formula is C11H17N3O4S. The number of aliphatic hydroxyl groups excluding tert-OH is 1. The molecule has 0 saturated carbocycles. The van der Waals surface area contributed by atoms with Gasteiger partial charge in [-0.25, -0.2) is 14.6 Å². The van der Waals surface area contributed by atoms with Gasteiger partial charge in [0.15, 0.2) is 0 Å². The monoisotopic (exact) mass is 287 g/mol. The molecule has 1 aromatic heterocycles. The van der Waals surface area contributed by atoms with Crippen molar-refractivity contribution in [2.45, 2.75) is 25.3 Å². The zero-order chi connectivity index (χ0) is 14.3. The average Bonchev–Trinajstić information content (AvgIpc) is 2.89. The predicted octanol–water partition coefficient (Wildman–Crippen LogP) is 0.381. The van der Waals surface area contributed by atoms with Crippen molar-refractivity contribution in [3.05, 3.63) is 16.6 Å². The third-order valence-corrected chi connectivity index (χ3v) is 3.47. The van der Waals surface area contributed by atoms with Gasteiger partial charge in [0, 0.05) is 37.1 Å².